The van der Waals surface area contributed by atoms with Crippen LogP contribution in [0.15, 0.2) is 48.5 Å². The summed E-state index contributed by atoms with van der Waals surface area (Å²) in [4.78, 5) is 41.5. The first kappa shape index (κ1) is 19.0. The van der Waals surface area contributed by atoms with Crippen LogP contribution >= 0.6 is 11.3 Å². The summed E-state index contributed by atoms with van der Waals surface area (Å²) >= 11 is 1.24. The highest BCUT2D eigenvalue weighted by Crippen LogP contribution is 2.33. The summed E-state index contributed by atoms with van der Waals surface area (Å²) in [5.41, 5.74) is 3.39. The first-order valence-corrected chi connectivity index (χ1v) is 9.93. The van der Waals surface area contributed by atoms with Gasteiger partial charge in [0.15, 0.2) is 12.4 Å². The van der Waals surface area contributed by atoms with Gasteiger partial charge in [-0.2, -0.15) is 0 Å². The van der Waals surface area contributed by atoms with Crippen molar-refractivity contribution in [1.29, 1.82) is 0 Å². The van der Waals surface area contributed by atoms with E-state index in [0.29, 0.717) is 21.8 Å². The Hall–Kier alpha value is -3.32. The number of fused-ring (bicyclic) bond motifs is 1. The Morgan fingerprint density at radius 1 is 1.17 bits per heavy atom. The van der Waals surface area contributed by atoms with Crippen LogP contribution in [0.2, 0.25) is 0 Å². The van der Waals surface area contributed by atoms with E-state index in [2.05, 4.69) is 10.3 Å². The molecule has 1 aliphatic heterocycles. The molecule has 4 rings (SSSR count). The minimum Gasteiger partial charge on any atom is -0.453 e. The number of hydrogen-bond donors (Lipinski definition) is 1. The van der Waals surface area contributed by atoms with Gasteiger partial charge in [0.05, 0.1) is 11.6 Å². The molecule has 7 heteroatoms. The molecule has 0 fully saturated rings. The summed E-state index contributed by atoms with van der Waals surface area (Å²) in [6.45, 7) is 3.16. The van der Waals surface area contributed by atoms with Crippen molar-refractivity contribution in [2.45, 2.75) is 19.8 Å². The molecule has 2 aromatic carbocycles. The van der Waals surface area contributed by atoms with Gasteiger partial charge in [-0.25, -0.2) is 9.78 Å². The second-order valence-electron chi connectivity index (χ2n) is 6.81. The lowest BCUT2D eigenvalue weighted by atomic mass is 9.99. The molecule has 1 N–H and O–H groups in total. The molecule has 0 saturated heterocycles. The summed E-state index contributed by atoms with van der Waals surface area (Å²) in [6.07, 6.45) is 0. The van der Waals surface area contributed by atoms with Gasteiger partial charge in [-0.15, -0.1) is 11.3 Å². The van der Waals surface area contributed by atoms with Crippen LogP contribution in [0.1, 0.15) is 44.1 Å². The maximum Gasteiger partial charge on any atom is 0.350 e. The van der Waals surface area contributed by atoms with Crippen LogP contribution in [0.5, 0.6) is 0 Å². The fourth-order valence-corrected chi connectivity index (χ4v) is 4.13. The van der Waals surface area contributed by atoms with E-state index in [1.54, 1.807) is 32.0 Å². The number of benzene rings is 2. The van der Waals surface area contributed by atoms with E-state index in [1.165, 1.54) is 11.3 Å². The highest BCUT2D eigenvalue weighted by Gasteiger charge is 2.27. The van der Waals surface area contributed by atoms with Gasteiger partial charge in [-0.05, 0) is 37.6 Å². The van der Waals surface area contributed by atoms with Crippen molar-refractivity contribution in [2.24, 2.45) is 0 Å². The molecule has 0 radical (unpaired) electrons. The molecule has 1 aromatic heterocycles. The first-order chi connectivity index (χ1) is 13.9. The Bertz CT molecular complexity index is 1120. The van der Waals surface area contributed by atoms with E-state index in [-0.39, 0.29) is 24.2 Å². The number of anilines is 1. The highest BCUT2D eigenvalue weighted by atomic mass is 32.1. The summed E-state index contributed by atoms with van der Waals surface area (Å²) in [6, 6.07) is 14.6. The van der Waals surface area contributed by atoms with Crippen molar-refractivity contribution in [3.8, 4) is 10.6 Å². The molecule has 1 amide bonds. The Morgan fingerprint density at radius 3 is 2.69 bits per heavy atom. The van der Waals surface area contributed by atoms with E-state index in [4.69, 9.17) is 4.74 Å². The molecule has 1 atom stereocenters. The second kappa shape index (κ2) is 7.60. The molecule has 0 saturated carbocycles. The number of ketones is 1. The maximum absolute atomic E-state index is 12.5. The SMILES string of the molecule is Cc1nc(-c2ccccc2)sc1C(=O)OCC(=O)c1ccc2c(c1)[C@H](C)C(=O)N2. The van der Waals surface area contributed by atoms with E-state index in [0.717, 1.165) is 16.1 Å². The van der Waals surface area contributed by atoms with Gasteiger partial charge in [-0.3, -0.25) is 9.59 Å². The van der Waals surface area contributed by atoms with Crippen molar-refractivity contribution >= 4 is 34.7 Å². The van der Waals surface area contributed by atoms with Gasteiger partial charge >= 0.3 is 5.97 Å². The highest BCUT2D eigenvalue weighted by molar-refractivity contribution is 7.17. The number of carbonyl (C=O) groups is 3. The van der Waals surface area contributed by atoms with Crippen molar-refractivity contribution in [3.63, 3.8) is 0 Å². The van der Waals surface area contributed by atoms with Crippen molar-refractivity contribution < 1.29 is 19.1 Å². The number of hydrogen-bond acceptors (Lipinski definition) is 6. The predicted octanol–water partition coefficient (Wildman–Crippen LogP) is 4.21. The number of nitrogens with one attached hydrogen (secondary N) is 1. The second-order valence-corrected chi connectivity index (χ2v) is 7.81. The van der Waals surface area contributed by atoms with E-state index in [1.807, 2.05) is 30.3 Å². The summed E-state index contributed by atoms with van der Waals surface area (Å²) in [5.74, 6) is -1.29. The van der Waals surface area contributed by atoms with E-state index >= 15 is 0 Å². The van der Waals surface area contributed by atoms with Crippen LogP contribution in [-0.2, 0) is 9.53 Å². The van der Waals surface area contributed by atoms with E-state index < -0.39 is 5.97 Å². The third kappa shape index (κ3) is 3.69. The predicted molar refractivity (Wildman–Crippen MR) is 110 cm³/mol. The number of Topliss-reactive ketones (excluding diaryl/α,β-unsaturated/α-hetero) is 1. The van der Waals surface area contributed by atoms with Crippen LogP contribution in [0.4, 0.5) is 5.69 Å². The molecule has 0 spiro atoms. The fourth-order valence-electron chi connectivity index (χ4n) is 3.16. The standard InChI is InChI=1S/C22H18N2O4S/c1-12-16-10-15(8-9-17(16)24-20(12)26)18(25)11-28-22(27)19-13(2)23-21(29-19)14-6-4-3-5-7-14/h3-10,12H,11H2,1-2H3,(H,24,26)/t12-/m0/s1. The number of nitrogens with zero attached hydrogens (tertiary/aromatic N) is 1. The normalized spacial score (nSPS) is 15.0. The Balaban J connectivity index is 1.45. The molecular weight excluding hydrogens is 388 g/mol. The van der Waals surface area contributed by atoms with Crippen molar-refractivity contribution in [3.05, 3.63) is 70.2 Å². The van der Waals surface area contributed by atoms with Crippen molar-refractivity contribution in [2.75, 3.05) is 11.9 Å². The number of carbonyl (C=O) groups excluding carboxylic acids is 3. The van der Waals surface area contributed by atoms with Gasteiger partial charge < -0.3 is 10.1 Å². The zero-order valence-corrected chi connectivity index (χ0v) is 16.7. The molecule has 6 nitrogen and oxygen atoms in total. The number of rotatable bonds is 5. The fraction of sp³-hybridized carbons (Fsp3) is 0.182. The largest absolute Gasteiger partial charge is 0.453 e. The minimum absolute atomic E-state index is 0.0917. The molecule has 146 valence electrons. The van der Waals surface area contributed by atoms with Gasteiger partial charge in [0.1, 0.15) is 9.88 Å². The molecule has 29 heavy (non-hydrogen) atoms. The quantitative estimate of drug-likeness (QED) is 0.507. The third-order valence-corrected chi connectivity index (χ3v) is 6.01. The average molecular weight is 406 g/mol. The number of thiazole rings is 1. The number of aromatic nitrogens is 1. The molecule has 0 bridgehead atoms. The molecule has 0 aliphatic carbocycles. The summed E-state index contributed by atoms with van der Waals surface area (Å²) in [7, 11) is 0. The van der Waals surface area contributed by atoms with E-state index in [9.17, 15) is 14.4 Å². The zero-order chi connectivity index (χ0) is 20.5. The minimum atomic E-state index is -0.568. The monoisotopic (exact) mass is 406 g/mol. The van der Waals surface area contributed by atoms with Crippen molar-refractivity contribution in [1.82, 2.24) is 4.98 Å². The molecule has 3 aromatic rings. The van der Waals surface area contributed by atoms with Gasteiger partial charge in [-0.1, -0.05) is 30.3 Å². The Kier molecular flexibility index (Phi) is 4.98. The van der Waals surface area contributed by atoms with Gasteiger partial charge in [0.25, 0.3) is 0 Å². The van der Waals surface area contributed by atoms with Crippen LogP contribution < -0.4 is 5.32 Å². The molecule has 2 heterocycles. The Morgan fingerprint density at radius 2 is 1.93 bits per heavy atom. The third-order valence-electron chi connectivity index (χ3n) is 4.83. The van der Waals surface area contributed by atoms with Crippen LogP contribution in [-0.4, -0.2) is 29.3 Å². The topological polar surface area (TPSA) is 85.4 Å². The molecule has 0 unspecified atom stereocenters. The van der Waals surface area contributed by atoms with Gasteiger partial charge in [0, 0.05) is 16.8 Å². The van der Waals surface area contributed by atoms with Crippen LogP contribution in [0.25, 0.3) is 10.6 Å². The summed E-state index contributed by atoms with van der Waals surface area (Å²) < 4.78 is 5.24. The number of ether oxygens (including phenoxy) is 1. The lowest BCUT2D eigenvalue weighted by Crippen LogP contribution is -2.14. The van der Waals surface area contributed by atoms with Crippen LogP contribution in [0, 0.1) is 6.92 Å². The van der Waals surface area contributed by atoms with Gasteiger partial charge in [0.2, 0.25) is 5.91 Å². The maximum atomic E-state index is 12.5. The molecule has 1 aliphatic rings. The Labute approximate surface area is 171 Å². The number of amides is 1. The lowest BCUT2D eigenvalue weighted by molar-refractivity contribution is -0.116. The average Bonchev–Trinajstić information content (AvgIpc) is 3.26. The zero-order valence-electron chi connectivity index (χ0n) is 15.9. The van der Waals surface area contributed by atoms with Crippen LogP contribution in [0.3, 0.4) is 0 Å². The smallest absolute Gasteiger partial charge is 0.350 e. The first-order valence-electron chi connectivity index (χ1n) is 9.12. The molecular formula is C22H18N2O4S. The number of esters is 1. The summed E-state index contributed by atoms with van der Waals surface area (Å²) in [5, 5.41) is 3.49. The lowest BCUT2D eigenvalue weighted by Gasteiger charge is -2.06. The number of aryl methyl sites for hydroxylation is 1.